The van der Waals surface area contributed by atoms with Gasteiger partial charge in [0.05, 0.1) is 0 Å². The normalized spacial score (nSPS) is 11.4. The van der Waals surface area contributed by atoms with Gasteiger partial charge in [0.25, 0.3) is 10.0 Å². The molecule has 0 spiro atoms. The van der Waals surface area contributed by atoms with Gasteiger partial charge in [0, 0.05) is 34.7 Å². The van der Waals surface area contributed by atoms with E-state index in [0.717, 1.165) is 10.6 Å². The summed E-state index contributed by atoms with van der Waals surface area (Å²) in [6.45, 7) is 3.69. The van der Waals surface area contributed by atoms with Gasteiger partial charge in [-0.15, -0.1) is 11.3 Å². The van der Waals surface area contributed by atoms with Crippen LogP contribution in [0, 0.1) is 13.8 Å². The second kappa shape index (κ2) is 7.64. The van der Waals surface area contributed by atoms with E-state index in [1.165, 1.54) is 11.3 Å². The van der Waals surface area contributed by atoms with Crippen LogP contribution in [0.4, 0.5) is 17.2 Å². The Morgan fingerprint density at radius 3 is 2.41 bits per heavy atom. The van der Waals surface area contributed by atoms with Gasteiger partial charge in [0.15, 0.2) is 0 Å². The average molecular weight is 427 g/mol. The summed E-state index contributed by atoms with van der Waals surface area (Å²) in [4.78, 5) is 13.8. The highest BCUT2D eigenvalue weighted by Crippen LogP contribution is 2.25. The molecule has 8 nitrogen and oxygen atoms in total. The Morgan fingerprint density at radius 2 is 1.76 bits per heavy atom. The molecule has 1 aromatic carbocycles. The minimum Gasteiger partial charge on any atom is -0.340 e. The third-order valence-corrected chi connectivity index (χ3v) is 6.86. The molecule has 0 unspecified atom stereocenters. The van der Waals surface area contributed by atoms with Gasteiger partial charge in [0.2, 0.25) is 0 Å². The second-order valence-electron chi connectivity index (χ2n) is 6.30. The molecule has 29 heavy (non-hydrogen) atoms. The fourth-order valence-electron chi connectivity index (χ4n) is 2.67. The van der Waals surface area contributed by atoms with Gasteiger partial charge in [-0.3, -0.25) is 9.29 Å². The van der Waals surface area contributed by atoms with Crippen LogP contribution in [-0.2, 0) is 10.0 Å². The number of hydrogen-bond donors (Lipinski definition) is 2. The van der Waals surface area contributed by atoms with Crippen molar-refractivity contribution in [1.29, 1.82) is 0 Å². The number of hydrogen-bond acceptors (Lipinski definition) is 7. The standard InChI is InChI=1S/C19H18N6O2S2/c1-13-3-8-19(28-13)29(26,27)24-16-6-4-15(5-7-16)23-17-11-18(22-14(2)21-17)25-10-9-20-12-25/h3-12,24H,1-2H3,(H,21,22,23). The fourth-order valence-corrected chi connectivity index (χ4v) is 5.02. The lowest BCUT2D eigenvalue weighted by atomic mass is 10.3. The van der Waals surface area contributed by atoms with Crippen LogP contribution in [0.25, 0.3) is 5.82 Å². The Kier molecular flexibility index (Phi) is 5.03. The molecular formula is C19H18N6O2S2. The molecule has 0 saturated carbocycles. The summed E-state index contributed by atoms with van der Waals surface area (Å²) in [5.74, 6) is 1.95. The van der Waals surface area contributed by atoms with E-state index in [-0.39, 0.29) is 0 Å². The van der Waals surface area contributed by atoms with Gasteiger partial charge in [-0.1, -0.05) is 0 Å². The number of aryl methyl sites for hydroxylation is 2. The average Bonchev–Trinajstić information content (AvgIpc) is 3.35. The van der Waals surface area contributed by atoms with Crippen molar-refractivity contribution in [3.63, 3.8) is 0 Å². The first-order chi connectivity index (χ1) is 13.9. The van der Waals surface area contributed by atoms with E-state index in [1.807, 2.05) is 26.1 Å². The van der Waals surface area contributed by atoms with Crippen LogP contribution in [0.3, 0.4) is 0 Å². The van der Waals surface area contributed by atoms with Crippen molar-refractivity contribution >= 4 is 38.6 Å². The van der Waals surface area contributed by atoms with E-state index in [2.05, 4.69) is 25.0 Å². The number of imidazole rings is 1. The van der Waals surface area contributed by atoms with Crippen molar-refractivity contribution in [3.8, 4) is 5.82 Å². The number of sulfonamides is 1. The third kappa shape index (κ3) is 4.44. The Hall–Kier alpha value is -3.24. The minimum absolute atomic E-state index is 0.292. The van der Waals surface area contributed by atoms with Crippen LogP contribution < -0.4 is 10.0 Å². The highest BCUT2D eigenvalue weighted by molar-refractivity contribution is 7.94. The lowest BCUT2D eigenvalue weighted by Gasteiger charge is -2.10. The van der Waals surface area contributed by atoms with Crippen molar-refractivity contribution in [2.45, 2.75) is 18.1 Å². The van der Waals surface area contributed by atoms with Crippen molar-refractivity contribution in [3.05, 3.63) is 71.9 Å². The number of nitrogens with one attached hydrogen (secondary N) is 2. The first kappa shape index (κ1) is 19.1. The van der Waals surface area contributed by atoms with E-state index in [1.54, 1.807) is 53.5 Å². The third-order valence-electron chi connectivity index (χ3n) is 3.98. The Bertz CT molecular complexity index is 1230. The van der Waals surface area contributed by atoms with Crippen LogP contribution >= 0.6 is 11.3 Å². The summed E-state index contributed by atoms with van der Waals surface area (Å²) in [5, 5.41) is 3.21. The maximum atomic E-state index is 12.4. The number of anilines is 3. The highest BCUT2D eigenvalue weighted by Gasteiger charge is 2.16. The Morgan fingerprint density at radius 1 is 1.00 bits per heavy atom. The molecule has 4 aromatic rings. The summed E-state index contributed by atoms with van der Waals surface area (Å²) >= 11 is 1.24. The molecule has 0 aliphatic rings. The molecule has 0 atom stereocenters. The molecule has 3 aromatic heterocycles. The summed E-state index contributed by atoms with van der Waals surface area (Å²) in [6.07, 6.45) is 5.16. The summed E-state index contributed by atoms with van der Waals surface area (Å²) in [7, 11) is -3.58. The van der Waals surface area contributed by atoms with Crippen LogP contribution in [0.5, 0.6) is 0 Å². The van der Waals surface area contributed by atoms with Crippen LogP contribution in [0.1, 0.15) is 10.7 Å². The molecule has 0 bridgehead atoms. The maximum Gasteiger partial charge on any atom is 0.271 e. The van der Waals surface area contributed by atoms with Gasteiger partial charge < -0.3 is 5.32 Å². The topological polar surface area (TPSA) is 102 Å². The Balaban J connectivity index is 1.50. The SMILES string of the molecule is Cc1nc(Nc2ccc(NS(=O)(=O)c3ccc(C)s3)cc2)cc(-n2ccnc2)n1. The molecule has 0 radical (unpaired) electrons. The van der Waals surface area contributed by atoms with Crippen molar-refractivity contribution in [2.75, 3.05) is 10.0 Å². The molecule has 0 amide bonds. The predicted octanol–water partition coefficient (Wildman–Crippen LogP) is 3.89. The summed E-state index contributed by atoms with van der Waals surface area (Å²) in [5.41, 5.74) is 1.26. The van der Waals surface area contributed by atoms with E-state index >= 15 is 0 Å². The number of thiophene rings is 1. The minimum atomic E-state index is -3.58. The number of aromatic nitrogens is 4. The zero-order valence-corrected chi connectivity index (χ0v) is 17.3. The second-order valence-corrected chi connectivity index (χ2v) is 9.50. The van der Waals surface area contributed by atoms with E-state index in [0.29, 0.717) is 27.4 Å². The van der Waals surface area contributed by atoms with Crippen LogP contribution in [0.15, 0.2) is 65.4 Å². The molecule has 0 saturated heterocycles. The molecule has 10 heteroatoms. The van der Waals surface area contributed by atoms with E-state index in [9.17, 15) is 8.42 Å². The summed E-state index contributed by atoms with van der Waals surface area (Å²) in [6, 6.07) is 12.2. The molecular weight excluding hydrogens is 408 g/mol. The lowest BCUT2D eigenvalue weighted by molar-refractivity contribution is 0.603. The van der Waals surface area contributed by atoms with Crippen LogP contribution in [-0.4, -0.2) is 27.9 Å². The molecule has 148 valence electrons. The van der Waals surface area contributed by atoms with Gasteiger partial charge >= 0.3 is 0 Å². The zero-order chi connectivity index (χ0) is 20.4. The van der Waals surface area contributed by atoms with E-state index in [4.69, 9.17) is 0 Å². The first-order valence-corrected chi connectivity index (χ1v) is 11.0. The van der Waals surface area contributed by atoms with Gasteiger partial charge in [-0.25, -0.2) is 23.4 Å². The number of rotatable bonds is 6. The monoisotopic (exact) mass is 426 g/mol. The molecule has 2 N–H and O–H groups in total. The van der Waals surface area contributed by atoms with Crippen molar-refractivity contribution in [1.82, 2.24) is 19.5 Å². The fraction of sp³-hybridized carbons (Fsp3) is 0.105. The summed E-state index contributed by atoms with van der Waals surface area (Å²) < 4.78 is 29.6. The molecule has 0 aliphatic carbocycles. The Labute approximate surface area is 172 Å². The van der Waals surface area contributed by atoms with Crippen LogP contribution in [0.2, 0.25) is 0 Å². The molecule has 0 fully saturated rings. The van der Waals surface area contributed by atoms with E-state index < -0.39 is 10.0 Å². The molecule has 4 rings (SSSR count). The smallest absolute Gasteiger partial charge is 0.271 e. The van der Waals surface area contributed by atoms with Gasteiger partial charge in [0.1, 0.15) is 28.0 Å². The zero-order valence-electron chi connectivity index (χ0n) is 15.7. The molecule has 3 heterocycles. The number of nitrogens with zero attached hydrogens (tertiary/aromatic N) is 4. The first-order valence-electron chi connectivity index (χ1n) is 8.69. The largest absolute Gasteiger partial charge is 0.340 e. The van der Waals surface area contributed by atoms with Gasteiger partial charge in [-0.05, 0) is 50.2 Å². The van der Waals surface area contributed by atoms with Crippen molar-refractivity contribution < 1.29 is 8.42 Å². The quantitative estimate of drug-likeness (QED) is 0.485. The predicted molar refractivity (Wildman–Crippen MR) is 113 cm³/mol. The highest BCUT2D eigenvalue weighted by atomic mass is 32.2. The maximum absolute atomic E-state index is 12.4. The van der Waals surface area contributed by atoms with Crippen molar-refractivity contribution in [2.24, 2.45) is 0 Å². The lowest BCUT2D eigenvalue weighted by Crippen LogP contribution is -2.11. The molecule has 0 aliphatic heterocycles. The van der Waals surface area contributed by atoms with Gasteiger partial charge in [-0.2, -0.15) is 0 Å². The number of benzene rings is 1.